The molecule has 17 heavy (non-hydrogen) atoms. The molecule has 0 unspecified atom stereocenters. The molecule has 7 heteroatoms. The predicted molar refractivity (Wildman–Crippen MR) is 62.2 cm³/mol. The Labute approximate surface area is 103 Å². The fraction of sp³-hybridized carbons (Fsp3) is 0.200. The molecule has 1 atom stereocenters. The highest BCUT2D eigenvalue weighted by Gasteiger charge is 2.29. The van der Waals surface area contributed by atoms with Crippen LogP contribution in [0, 0.1) is 0 Å². The van der Waals surface area contributed by atoms with E-state index in [1.807, 2.05) is 0 Å². The van der Waals surface area contributed by atoms with Gasteiger partial charge in [-0.25, -0.2) is 0 Å². The van der Waals surface area contributed by atoms with Gasteiger partial charge in [-0.2, -0.15) is 12.8 Å². The number of benzene rings is 1. The summed E-state index contributed by atoms with van der Waals surface area (Å²) >= 11 is 0.869. The summed E-state index contributed by atoms with van der Waals surface area (Å²) in [5, 5.41) is 9.98. The molecule has 1 aromatic carbocycles. The normalized spacial score (nSPS) is 18.3. The average molecular weight is 270 g/mol. The number of carbonyl (C=O) groups excluding carboxylic acids is 1. The number of nitrogens with zero attached hydrogens (tertiary/aromatic N) is 1. The van der Waals surface area contributed by atoms with Gasteiger partial charge in [0.2, 0.25) is 0 Å². The fourth-order valence-corrected chi connectivity index (χ4v) is 3.75. The van der Waals surface area contributed by atoms with Crippen LogP contribution in [0.4, 0.5) is 0 Å². The largest absolute Gasteiger partial charge is 0.549 e. The van der Waals surface area contributed by atoms with Crippen molar-refractivity contribution in [3.8, 4) is 0 Å². The maximum absolute atomic E-state index is 11.7. The van der Waals surface area contributed by atoms with Gasteiger partial charge in [-0.3, -0.25) is 0 Å². The van der Waals surface area contributed by atoms with Crippen molar-refractivity contribution in [2.75, 3.05) is 0 Å². The summed E-state index contributed by atoms with van der Waals surface area (Å²) in [7, 11) is -3.67. The molecule has 0 spiro atoms. The van der Waals surface area contributed by atoms with E-state index < -0.39 is 21.2 Å². The molecule has 0 radical (unpaired) electrons. The molecule has 1 aromatic rings. The summed E-state index contributed by atoms with van der Waals surface area (Å²) in [6, 6.07) is 6.33. The Hall–Kier alpha value is -1.34. The molecule has 1 heterocycles. The van der Waals surface area contributed by atoms with Crippen molar-refractivity contribution in [1.82, 2.24) is 0 Å². The van der Waals surface area contributed by atoms with Crippen LogP contribution in [0.3, 0.4) is 0 Å². The maximum Gasteiger partial charge on any atom is 0.284 e. The summed E-state index contributed by atoms with van der Waals surface area (Å²) < 4.78 is 26.9. The fourth-order valence-electron chi connectivity index (χ4n) is 1.38. The van der Waals surface area contributed by atoms with Crippen LogP contribution in [0.1, 0.15) is 12.5 Å². The van der Waals surface area contributed by atoms with Gasteiger partial charge < -0.3 is 9.90 Å². The van der Waals surface area contributed by atoms with Crippen LogP contribution in [0.2, 0.25) is 0 Å². The van der Waals surface area contributed by atoms with Crippen LogP contribution in [0.5, 0.6) is 0 Å². The van der Waals surface area contributed by atoms with Gasteiger partial charge in [0.1, 0.15) is 5.04 Å². The average Bonchev–Trinajstić information content (AvgIpc) is 2.51. The molecule has 5 nitrogen and oxygen atoms in total. The number of thioether (sulfide) groups is 1. The number of carboxylic acid groups (broad SMARTS) is 1. The number of rotatable bonds is 2. The highest BCUT2D eigenvalue weighted by molar-refractivity contribution is 8.16. The Morgan fingerprint density at radius 3 is 2.71 bits per heavy atom. The number of carboxylic acids is 1. The minimum atomic E-state index is -3.67. The second kappa shape index (κ2) is 4.15. The van der Waals surface area contributed by atoms with Crippen LogP contribution in [-0.2, 0) is 14.8 Å². The molecule has 0 aliphatic carbocycles. The van der Waals surface area contributed by atoms with Gasteiger partial charge in [-0.1, -0.05) is 30.0 Å². The first-order valence-electron chi connectivity index (χ1n) is 4.74. The summed E-state index contributed by atoms with van der Waals surface area (Å²) in [5.41, 5.74) is 0.450. The van der Waals surface area contributed by atoms with Gasteiger partial charge in [-0.15, -0.1) is 0 Å². The lowest BCUT2D eigenvalue weighted by Gasteiger charge is -2.11. The molecule has 0 saturated heterocycles. The Balaban J connectivity index is 2.42. The molecular weight excluding hydrogens is 262 g/mol. The van der Waals surface area contributed by atoms with Crippen molar-refractivity contribution in [2.24, 2.45) is 4.40 Å². The van der Waals surface area contributed by atoms with Crippen LogP contribution in [0.15, 0.2) is 33.6 Å². The molecular formula is C10H8NO4S2-. The Kier molecular flexibility index (Phi) is 2.96. The van der Waals surface area contributed by atoms with E-state index >= 15 is 0 Å². The molecule has 1 aliphatic heterocycles. The first-order chi connectivity index (χ1) is 7.92. The summed E-state index contributed by atoms with van der Waals surface area (Å²) in [4.78, 5) is 10.7. The lowest BCUT2D eigenvalue weighted by atomic mass is 10.2. The molecule has 0 N–H and O–H groups in total. The van der Waals surface area contributed by atoms with E-state index in [0.29, 0.717) is 5.56 Å². The monoisotopic (exact) mass is 270 g/mol. The van der Waals surface area contributed by atoms with Crippen molar-refractivity contribution in [1.29, 1.82) is 0 Å². The first-order valence-corrected chi connectivity index (χ1v) is 7.05. The standard InChI is InChI=1S/C10H9NO4S2/c1-6(10(12)13)16-9-7-4-2-3-5-8(7)17(14,15)11-9/h2-6H,1H3,(H,12,13)/p-1/t6-/m0/s1. The van der Waals surface area contributed by atoms with Crippen molar-refractivity contribution in [3.05, 3.63) is 29.8 Å². The van der Waals surface area contributed by atoms with E-state index in [4.69, 9.17) is 0 Å². The number of hydrogen-bond donors (Lipinski definition) is 0. The van der Waals surface area contributed by atoms with E-state index in [2.05, 4.69) is 4.40 Å². The Morgan fingerprint density at radius 2 is 2.06 bits per heavy atom. The summed E-state index contributed by atoms with van der Waals surface area (Å²) in [5.74, 6) is -1.25. The SMILES string of the molecule is C[C@H](SC1=NS(=O)(=O)c2ccccc21)C(=O)[O-]. The van der Waals surface area contributed by atoms with E-state index in [1.54, 1.807) is 18.2 Å². The zero-order valence-electron chi connectivity index (χ0n) is 8.78. The third-order valence-corrected chi connectivity index (χ3v) is 4.75. The van der Waals surface area contributed by atoms with Gasteiger partial charge in [-0.05, 0) is 13.0 Å². The highest BCUT2D eigenvalue weighted by atomic mass is 32.2. The van der Waals surface area contributed by atoms with Crippen molar-refractivity contribution in [2.45, 2.75) is 17.1 Å². The Morgan fingerprint density at radius 1 is 1.41 bits per heavy atom. The number of sulfonamides is 1. The smallest absolute Gasteiger partial charge is 0.284 e. The second-order valence-corrected chi connectivity index (χ2v) is 6.35. The minimum absolute atomic E-state index is 0.119. The van der Waals surface area contributed by atoms with E-state index in [1.165, 1.54) is 13.0 Å². The van der Waals surface area contributed by atoms with Crippen LogP contribution in [0.25, 0.3) is 0 Å². The first kappa shape index (κ1) is 12.1. The molecule has 90 valence electrons. The third-order valence-electron chi connectivity index (χ3n) is 2.22. The third kappa shape index (κ3) is 2.20. The lowest BCUT2D eigenvalue weighted by molar-refractivity contribution is -0.304. The molecule has 0 bridgehead atoms. The van der Waals surface area contributed by atoms with E-state index in [-0.39, 0.29) is 9.94 Å². The summed E-state index contributed by atoms with van der Waals surface area (Å²) in [6.07, 6.45) is 0. The molecule has 1 aliphatic rings. The maximum atomic E-state index is 11.7. The van der Waals surface area contributed by atoms with Gasteiger partial charge >= 0.3 is 0 Å². The van der Waals surface area contributed by atoms with Gasteiger partial charge in [0.05, 0.1) is 10.9 Å². The number of hydrogen-bond acceptors (Lipinski definition) is 5. The topological polar surface area (TPSA) is 86.6 Å². The van der Waals surface area contributed by atoms with E-state index in [0.717, 1.165) is 11.8 Å². The number of aliphatic carboxylic acids is 1. The van der Waals surface area contributed by atoms with Crippen LogP contribution in [-0.4, -0.2) is 24.7 Å². The van der Waals surface area contributed by atoms with Crippen molar-refractivity contribution in [3.63, 3.8) is 0 Å². The second-order valence-electron chi connectivity index (χ2n) is 3.45. The lowest BCUT2D eigenvalue weighted by Crippen LogP contribution is -2.32. The minimum Gasteiger partial charge on any atom is -0.549 e. The molecule has 2 rings (SSSR count). The number of carbonyl (C=O) groups is 1. The predicted octanol–water partition coefficient (Wildman–Crippen LogP) is 0.00710. The molecule has 0 amide bonds. The zero-order chi connectivity index (χ0) is 12.6. The van der Waals surface area contributed by atoms with E-state index in [9.17, 15) is 18.3 Å². The molecule has 0 saturated carbocycles. The van der Waals surface area contributed by atoms with Crippen LogP contribution < -0.4 is 5.11 Å². The van der Waals surface area contributed by atoms with Gasteiger partial charge in [0.25, 0.3) is 10.0 Å². The summed E-state index contributed by atoms with van der Waals surface area (Å²) in [6.45, 7) is 1.43. The van der Waals surface area contributed by atoms with Crippen molar-refractivity contribution < 1.29 is 18.3 Å². The molecule has 0 fully saturated rings. The number of fused-ring (bicyclic) bond motifs is 1. The highest BCUT2D eigenvalue weighted by Crippen LogP contribution is 2.32. The zero-order valence-corrected chi connectivity index (χ0v) is 10.4. The molecule has 0 aromatic heterocycles. The van der Waals surface area contributed by atoms with Crippen LogP contribution >= 0.6 is 11.8 Å². The quantitative estimate of drug-likeness (QED) is 0.755. The van der Waals surface area contributed by atoms with Gasteiger partial charge in [0.15, 0.2) is 0 Å². The Bertz CT molecular complexity index is 606. The van der Waals surface area contributed by atoms with Gasteiger partial charge in [0, 0.05) is 10.8 Å². The van der Waals surface area contributed by atoms with Crippen molar-refractivity contribution >= 4 is 32.8 Å².